The summed E-state index contributed by atoms with van der Waals surface area (Å²) in [5, 5.41) is 8.73. The molecule has 34 heavy (non-hydrogen) atoms. The molecule has 3 heterocycles. The Morgan fingerprint density at radius 2 is 1.82 bits per heavy atom. The van der Waals surface area contributed by atoms with E-state index in [2.05, 4.69) is 20.2 Å². The number of rotatable bonds is 5. The second kappa shape index (κ2) is 8.18. The van der Waals surface area contributed by atoms with Gasteiger partial charge in [0.25, 0.3) is 5.89 Å². The SMILES string of the molecule is Fc1ccc(-n2nc(-c3nc(-c4ccc(Oc5cccnc5)cc4)no3)c3c2CCC3)cc1F. The molecule has 0 fully saturated rings. The first kappa shape index (κ1) is 20.2. The van der Waals surface area contributed by atoms with Gasteiger partial charge in [-0.3, -0.25) is 4.98 Å². The van der Waals surface area contributed by atoms with Crippen molar-refractivity contribution in [1.29, 1.82) is 0 Å². The summed E-state index contributed by atoms with van der Waals surface area (Å²) in [5.74, 6) is 0.178. The van der Waals surface area contributed by atoms with Crippen LogP contribution in [0.2, 0.25) is 0 Å². The Bertz CT molecular complexity index is 1480. The number of hydrogen-bond donors (Lipinski definition) is 0. The average Bonchev–Trinajstić information content (AvgIpc) is 3.59. The molecule has 0 atom stereocenters. The molecular weight excluding hydrogens is 440 g/mol. The quantitative estimate of drug-likeness (QED) is 0.345. The standard InChI is InChI=1S/C25H17F2N5O2/c26-20-11-8-16(13-21(20)27)32-22-5-1-4-19(22)23(30-32)25-29-24(31-34-25)15-6-9-17(10-7-15)33-18-3-2-12-28-14-18/h2-3,6-14H,1,4-5H2. The molecule has 1 aliphatic carbocycles. The molecule has 2 aromatic carbocycles. The van der Waals surface area contributed by atoms with Crippen LogP contribution in [0.15, 0.2) is 71.5 Å². The molecule has 0 saturated carbocycles. The van der Waals surface area contributed by atoms with E-state index in [0.717, 1.165) is 48.2 Å². The smallest absolute Gasteiger partial charge is 0.279 e. The molecule has 9 heteroatoms. The van der Waals surface area contributed by atoms with Crippen LogP contribution in [0, 0.1) is 11.6 Å². The highest BCUT2D eigenvalue weighted by Gasteiger charge is 2.27. The molecule has 168 valence electrons. The third-order valence-electron chi connectivity index (χ3n) is 5.69. The van der Waals surface area contributed by atoms with E-state index in [1.54, 1.807) is 23.1 Å². The van der Waals surface area contributed by atoms with Crippen molar-refractivity contribution in [3.05, 3.63) is 89.9 Å². The van der Waals surface area contributed by atoms with Crippen molar-refractivity contribution in [1.82, 2.24) is 24.9 Å². The number of pyridine rings is 1. The van der Waals surface area contributed by atoms with Crippen LogP contribution in [0.4, 0.5) is 8.78 Å². The second-order valence-corrected chi connectivity index (χ2v) is 7.88. The van der Waals surface area contributed by atoms with Crippen LogP contribution in [0.3, 0.4) is 0 Å². The predicted octanol–water partition coefficient (Wildman–Crippen LogP) is 5.54. The fourth-order valence-corrected chi connectivity index (χ4v) is 4.09. The summed E-state index contributed by atoms with van der Waals surface area (Å²) in [4.78, 5) is 8.57. The first-order valence-electron chi connectivity index (χ1n) is 10.7. The Morgan fingerprint density at radius 3 is 2.62 bits per heavy atom. The summed E-state index contributed by atoms with van der Waals surface area (Å²) in [7, 11) is 0. The van der Waals surface area contributed by atoms with Gasteiger partial charge in [-0.1, -0.05) is 5.16 Å². The highest BCUT2D eigenvalue weighted by atomic mass is 19.2. The third-order valence-corrected chi connectivity index (χ3v) is 5.69. The number of halogens is 2. The zero-order valence-electron chi connectivity index (χ0n) is 17.8. The number of fused-ring (bicyclic) bond motifs is 1. The molecule has 0 aliphatic heterocycles. The molecule has 7 nitrogen and oxygen atoms in total. The van der Waals surface area contributed by atoms with Crippen molar-refractivity contribution >= 4 is 0 Å². The van der Waals surface area contributed by atoms with Crippen molar-refractivity contribution < 1.29 is 18.0 Å². The van der Waals surface area contributed by atoms with Crippen molar-refractivity contribution in [2.75, 3.05) is 0 Å². The number of ether oxygens (including phenoxy) is 1. The Hall–Kier alpha value is -4.40. The third kappa shape index (κ3) is 3.61. The van der Waals surface area contributed by atoms with Gasteiger partial charge in [-0.25, -0.2) is 13.5 Å². The minimum absolute atomic E-state index is 0.283. The lowest BCUT2D eigenvalue weighted by molar-refractivity contribution is 0.430. The first-order chi connectivity index (χ1) is 16.7. The minimum Gasteiger partial charge on any atom is -0.456 e. The fourth-order valence-electron chi connectivity index (χ4n) is 4.09. The van der Waals surface area contributed by atoms with Gasteiger partial charge in [0.1, 0.15) is 11.5 Å². The molecule has 0 N–H and O–H groups in total. The number of benzene rings is 2. The molecule has 0 radical (unpaired) electrons. The van der Waals surface area contributed by atoms with E-state index < -0.39 is 11.6 Å². The van der Waals surface area contributed by atoms with Crippen LogP contribution < -0.4 is 4.74 Å². The van der Waals surface area contributed by atoms with Crippen molar-refractivity contribution in [3.63, 3.8) is 0 Å². The van der Waals surface area contributed by atoms with Gasteiger partial charge in [-0.05, 0) is 67.8 Å². The van der Waals surface area contributed by atoms with Gasteiger partial charge >= 0.3 is 0 Å². The molecular formula is C25H17F2N5O2. The average molecular weight is 457 g/mol. The van der Waals surface area contributed by atoms with E-state index in [4.69, 9.17) is 9.26 Å². The summed E-state index contributed by atoms with van der Waals surface area (Å²) < 4.78 is 40.2. The van der Waals surface area contributed by atoms with Gasteiger partial charge in [-0.15, -0.1) is 0 Å². The van der Waals surface area contributed by atoms with Crippen LogP contribution in [0.1, 0.15) is 17.7 Å². The molecule has 0 bridgehead atoms. The maximum absolute atomic E-state index is 13.8. The van der Waals surface area contributed by atoms with Crippen LogP contribution in [-0.4, -0.2) is 24.9 Å². The molecule has 5 aromatic rings. The molecule has 3 aromatic heterocycles. The maximum atomic E-state index is 13.8. The number of hydrogen-bond acceptors (Lipinski definition) is 6. The molecule has 0 unspecified atom stereocenters. The summed E-state index contributed by atoms with van der Waals surface area (Å²) >= 11 is 0. The van der Waals surface area contributed by atoms with E-state index in [9.17, 15) is 8.78 Å². The van der Waals surface area contributed by atoms with E-state index in [1.165, 1.54) is 6.07 Å². The van der Waals surface area contributed by atoms with Crippen LogP contribution in [0.25, 0.3) is 28.7 Å². The largest absolute Gasteiger partial charge is 0.456 e. The van der Waals surface area contributed by atoms with E-state index in [0.29, 0.717) is 28.7 Å². The van der Waals surface area contributed by atoms with Crippen LogP contribution in [-0.2, 0) is 12.8 Å². The summed E-state index contributed by atoms with van der Waals surface area (Å²) in [6.45, 7) is 0. The Balaban J connectivity index is 1.30. The van der Waals surface area contributed by atoms with E-state index >= 15 is 0 Å². The van der Waals surface area contributed by atoms with Crippen molar-refractivity contribution in [2.24, 2.45) is 0 Å². The maximum Gasteiger partial charge on any atom is 0.279 e. The summed E-state index contributed by atoms with van der Waals surface area (Å²) in [6.07, 6.45) is 5.83. The molecule has 1 aliphatic rings. The van der Waals surface area contributed by atoms with Gasteiger partial charge in [0, 0.05) is 29.1 Å². The minimum atomic E-state index is -0.919. The zero-order chi connectivity index (χ0) is 23.1. The van der Waals surface area contributed by atoms with Crippen molar-refractivity contribution in [3.8, 4) is 40.2 Å². The predicted molar refractivity (Wildman–Crippen MR) is 119 cm³/mol. The second-order valence-electron chi connectivity index (χ2n) is 7.88. The lowest BCUT2D eigenvalue weighted by atomic mass is 10.2. The fraction of sp³-hybridized carbons (Fsp3) is 0.120. The first-order valence-corrected chi connectivity index (χ1v) is 10.7. The van der Waals surface area contributed by atoms with Gasteiger partial charge in [-0.2, -0.15) is 10.1 Å². The molecule has 0 saturated heterocycles. The van der Waals surface area contributed by atoms with Gasteiger partial charge < -0.3 is 9.26 Å². The Labute approximate surface area is 192 Å². The number of nitrogens with zero attached hydrogens (tertiary/aromatic N) is 5. The monoisotopic (exact) mass is 457 g/mol. The Kier molecular flexibility index (Phi) is 4.87. The van der Waals surface area contributed by atoms with E-state index in [-0.39, 0.29) is 5.89 Å². The lowest BCUT2D eigenvalue weighted by Crippen LogP contribution is -2.02. The van der Waals surface area contributed by atoms with Crippen molar-refractivity contribution in [2.45, 2.75) is 19.3 Å². The molecule has 6 rings (SSSR count). The highest BCUT2D eigenvalue weighted by molar-refractivity contribution is 5.62. The van der Waals surface area contributed by atoms with E-state index in [1.807, 2.05) is 30.3 Å². The van der Waals surface area contributed by atoms with Gasteiger partial charge in [0.2, 0.25) is 5.82 Å². The zero-order valence-corrected chi connectivity index (χ0v) is 17.8. The topological polar surface area (TPSA) is 78.9 Å². The molecule has 0 spiro atoms. The van der Waals surface area contributed by atoms with Crippen LogP contribution >= 0.6 is 0 Å². The summed E-state index contributed by atoms with van der Waals surface area (Å²) in [5.41, 5.74) is 3.70. The number of aromatic nitrogens is 5. The lowest BCUT2D eigenvalue weighted by Gasteiger charge is -2.05. The van der Waals surface area contributed by atoms with Gasteiger partial charge in [0.05, 0.1) is 11.9 Å². The van der Waals surface area contributed by atoms with Gasteiger partial charge in [0.15, 0.2) is 17.3 Å². The normalized spacial score (nSPS) is 12.6. The molecule has 0 amide bonds. The Morgan fingerprint density at radius 1 is 0.941 bits per heavy atom. The highest BCUT2D eigenvalue weighted by Crippen LogP contribution is 2.34. The van der Waals surface area contributed by atoms with Crippen LogP contribution in [0.5, 0.6) is 11.5 Å². The summed E-state index contributed by atoms with van der Waals surface area (Å²) in [6, 6.07) is 14.7.